The molecule has 0 amide bonds. The van der Waals surface area contributed by atoms with E-state index in [2.05, 4.69) is 61.4 Å². The van der Waals surface area contributed by atoms with Crippen LogP contribution in [0, 0.1) is 11.3 Å². The number of piperidine rings is 1. The zero-order valence-electron chi connectivity index (χ0n) is 19.1. The summed E-state index contributed by atoms with van der Waals surface area (Å²) in [5.74, 6) is 0.876. The molecule has 3 saturated heterocycles. The first-order valence-electron chi connectivity index (χ1n) is 11.5. The molecule has 0 aromatic heterocycles. The molecule has 3 aliphatic rings. The van der Waals surface area contributed by atoms with Gasteiger partial charge in [0, 0.05) is 57.4 Å². The molecule has 0 bridgehead atoms. The highest BCUT2D eigenvalue weighted by molar-refractivity contribution is 4.92. The fraction of sp³-hybridized carbons (Fsp3) is 1.00. The van der Waals surface area contributed by atoms with Crippen LogP contribution in [0.2, 0.25) is 0 Å². The summed E-state index contributed by atoms with van der Waals surface area (Å²) in [6.45, 7) is 20.2. The molecule has 4 nitrogen and oxygen atoms in total. The maximum atomic E-state index is 2.80. The standard InChI is InChI=1S/C23H46N4/c1-22(2,20-7-12-25(6)19-20)10-11-23(3,4)27-13-8-21(9-14-27)26-17-15-24(5)16-18-26/h20-21H,7-19H2,1-6H3. The highest BCUT2D eigenvalue weighted by atomic mass is 15.3. The summed E-state index contributed by atoms with van der Waals surface area (Å²) in [6.07, 6.45) is 6.81. The quantitative estimate of drug-likeness (QED) is 0.703. The summed E-state index contributed by atoms with van der Waals surface area (Å²) in [5.41, 5.74) is 0.815. The van der Waals surface area contributed by atoms with Gasteiger partial charge in [0.25, 0.3) is 0 Å². The Hall–Kier alpha value is -0.160. The molecule has 3 aliphatic heterocycles. The number of rotatable bonds is 6. The molecule has 4 heteroatoms. The summed E-state index contributed by atoms with van der Waals surface area (Å²) in [7, 11) is 4.54. The van der Waals surface area contributed by atoms with Gasteiger partial charge in [-0.2, -0.15) is 0 Å². The molecule has 0 spiro atoms. The van der Waals surface area contributed by atoms with Gasteiger partial charge in [0.1, 0.15) is 0 Å². The molecule has 3 heterocycles. The summed E-state index contributed by atoms with van der Waals surface area (Å²) in [5, 5.41) is 0. The molecule has 0 aliphatic carbocycles. The predicted molar refractivity (Wildman–Crippen MR) is 116 cm³/mol. The third kappa shape index (κ3) is 5.46. The van der Waals surface area contributed by atoms with Gasteiger partial charge in [-0.05, 0) is 77.9 Å². The van der Waals surface area contributed by atoms with Gasteiger partial charge in [0.05, 0.1) is 0 Å². The smallest absolute Gasteiger partial charge is 0.0153 e. The van der Waals surface area contributed by atoms with Crippen LogP contribution in [-0.4, -0.2) is 97.6 Å². The fourth-order valence-corrected chi connectivity index (χ4v) is 5.59. The Morgan fingerprint density at radius 1 is 0.704 bits per heavy atom. The summed E-state index contributed by atoms with van der Waals surface area (Å²) < 4.78 is 0. The van der Waals surface area contributed by atoms with Crippen molar-refractivity contribution in [2.75, 3.05) is 66.5 Å². The number of hydrogen-bond acceptors (Lipinski definition) is 4. The van der Waals surface area contributed by atoms with E-state index in [1.54, 1.807) is 0 Å². The monoisotopic (exact) mass is 378 g/mol. The number of likely N-dealkylation sites (N-methyl/N-ethyl adjacent to an activating group) is 1. The molecule has 0 aromatic carbocycles. The number of likely N-dealkylation sites (tertiary alicyclic amines) is 2. The lowest BCUT2D eigenvalue weighted by Gasteiger charge is -2.47. The minimum absolute atomic E-state index is 0.342. The lowest BCUT2D eigenvalue weighted by molar-refractivity contribution is 0.0207. The molecule has 1 atom stereocenters. The van der Waals surface area contributed by atoms with E-state index in [0.717, 1.165) is 12.0 Å². The van der Waals surface area contributed by atoms with Crippen LogP contribution < -0.4 is 0 Å². The van der Waals surface area contributed by atoms with Crippen molar-refractivity contribution >= 4 is 0 Å². The maximum absolute atomic E-state index is 2.80. The Morgan fingerprint density at radius 2 is 1.33 bits per heavy atom. The van der Waals surface area contributed by atoms with Crippen molar-refractivity contribution in [1.82, 2.24) is 19.6 Å². The number of nitrogens with zero attached hydrogens (tertiary/aromatic N) is 4. The third-order valence-corrected chi connectivity index (χ3v) is 8.25. The Bertz CT molecular complexity index is 459. The zero-order valence-corrected chi connectivity index (χ0v) is 19.1. The average Bonchev–Trinajstić information content (AvgIpc) is 3.08. The fourth-order valence-electron chi connectivity index (χ4n) is 5.59. The van der Waals surface area contributed by atoms with Gasteiger partial charge in [0.15, 0.2) is 0 Å². The van der Waals surface area contributed by atoms with E-state index in [1.807, 2.05) is 0 Å². The van der Waals surface area contributed by atoms with Gasteiger partial charge in [-0.25, -0.2) is 0 Å². The topological polar surface area (TPSA) is 13.0 Å². The first-order chi connectivity index (χ1) is 12.7. The van der Waals surface area contributed by atoms with E-state index in [9.17, 15) is 0 Å². The molecule has 0 radical (unpaired) electrons. The lowest BCUT2D eigenvalue weighted by Crippen LogP contribution is -2.55. The van der Waals surface area contributed by atoms with E-state index in [4.69, 9.17) is 0 Å². The Balaban J connectivity index is 1.45. The highest BCUT2D eigenvalue weighted by Gasteiger charge is 2.38. The van der Waals surface area contributed by atoms with Gasteiger partial charge in [-0.15, -0.1) is 0 Å². The maximum Gasteiger partial charge on any atom is 0.0153 e. The highest BCUT2D eigenvalue weighted by Crippen LogP contribution is 2.40. The minimum atomic E-state index is 0.342. The average molecular weight is 379 g/mol. The molecular weight excluding hydrogens is 332 g/mol. The SMILES string of the molecule is CN1CCN(C2CCN(C(C)(C)CCC(C)(C)C3CCN(C)C3)CC2)CC1. The second kappa shape index (κ2) is 8.69. The number of piperazine rings is 1. The lowest BCUT2D eigenvalue weighted by atomic mass is 9.72. The number of hydrogen-bond donors (Lipinski definition) is 0. The van der Waals surface area contributed by atoms with Crippen LogP contribution in [0.3, 0.4) is 0 Å². The van der Waals surface area contributed by atoms with E-state index < -0.39 is 0 Å². The van der Waals surface area contributed by atoms with E-state index in [-0.39, 0.29) is 0 Å². The molecule has 3 fully saturated rings. The zero-order chi connectivity index (χ0) is 19.7. The summed E-state index contributed by atoms with van der Waals surface area (Å²) in [4.78, 5) is 10.6. The van der Waals surface area contributed by atoms with Crippen LogP contribution in [-0.2, 0) is 0 Å². The van der Waals surface area contributed by atoms with Crippen molar-refractivity contribution in [3.05, 3.63) is 0 Å². The Kier molecular flexibility index (Phi) is 6.93. The molecule has 0 N–H and O–H groups in total. The van der Waals surface area contributed by atoms with Gasteiger partial charge in [-0.1, -0.05) is 13.8 Å². The van der Waals surface area contributed by atoms with Crippen molar-refractivity contribution < 1.29 is 0 Å². The summed E-state index contributed by atoms with van der Waals surface area (Å²) >= 11 is 0. The second-order valence-electron chi connectivity index (χ2n) is 11.1. The van der Waals surface area contributed by atoms with Crippen LogP contribution >= 0.6 is 0 Å². The Morgan fingerprint density at radius 3 is 1.89 bits per heavy atom. The van der Waals surface area contributed by atoms with Gasteiger partial charge in [-0.3, -0.25) is 9.80 Å². The van der Waals surface area contributed by atoms with Crippen LogP contribution in [0.4, 0.5) is 0 Å². The minimum Gasteiger partial charge on any atom is -0.306 e. The van der Waals surface area contributed by atoms with Gasteiger partial charge >= 0.3 is 0 Å². The van der Waals surface area contributed by atoms with E-state index in [1.165, 1.54) is 84.5 Å². The van der Waals surface area contributed by atoms with Crippen LogP contribution in [0.5, 0.6) is 0 Å². The second-order valence-corrected chi connectivity index (χ2v) is 11.1. The van der Waals surface area contributed by atoms with Crippen LogP contribution in [0.1, 0.15) is 59.8 Å². The first-order valence-corrected chi connectivity index (χ1v) is 11.5. The Labute approximate surface area is 169 Å². The summed E-state index contributed by atoms with van der Waals surface area (Å²) in [6, 6.07) is 0.830. The predicted octanol–water partition coefficient (Wildman–Crippen LogP) is 3.23. The van der Waals surface area contributed by atoms with Crippen molar-refractivity contribution in [2.45, 2.75) is 71.4 Å². The normalized spacial score (nSPS) is 28.9. The molecule has 27 heavy (non-hydrogen) atoms. The third-order valence-electron chi connectivity index (χ3n) is 8.25. The van der Waals surface area contributed by atoms with Crippen molar-refractivity contribution in [1.29, 1.82) is 0 Å². The molecule has 3 rings (SSSR count). The first kappa shape index (κ1) is 21.5. The molecular formula is C23H46N4. The molecule has 0 aromatic rings. The van der Waals surface area contributed by atoms with Crippen molar-refractivity contribution in [2.24, 2.45) is 11.3 Å². The van der Waals surface area contributed by atoms with Crippen LogP contribution in [0.15, 0.2) is 0 Å². The van der Waals surface area contributed by atoms with Gasteiger partial charge in [0.2, 0.25) is 0 Å². The van der Waals surface area contributed by atoms with Crippen molar-refractivity contribution in [3.8, 4) is 0 Å². The van der Waals surface area contributed by atoms with Gasteiger partial charge < -0.3 is 9.80 Å². The van der Waals surface area contributed by atoms with E-state index >= 15 is 0 Å². The molecule has 1 unspecified atom stereocenters. The molecule has 0 saturated carbocycles. The van der Waals surface area contributed by atoms with Crippen LogP contribution in [0.25, 0.3) is 0 Å². The van der Waals surface area contributed by atoms with Crippen molar-refractivity contribution in [3.63, 3.8) is 0 Å². The molecule has 158 valence electrons. The van der Waals surface area contributed by atoms with E-state index in [0.29, 0.717) is 11.0 Å². The largest absolute Gasteiger partial charge is 0.306 e.